The molecule has 0 unspecified atom stereocenters. The maximum Gasteiger partial charge on any atom is 0.237 e. The average molecular weight is 371 g/mol. The van der Waals surface area contributed by atoms with Crippen LogP contribution in [0.25, 0.3) is 0 Å². The Hall–Kier alpha value is -1.56. The smallest absolute Gasteiger partial charge is 0.237 e. The zero-order chi connectivity index (χ0) is 15.2. The van der Waals surface area contributed by atoms with E-state index < -0.39 is 0 Å². The molecule has 0 radical (unpaired) electrons. The van der Waals surface area contributed by atoms with Crippen molar-refractivity contribution in [3.63, 3.8) is 0 Å². The van der Waals surface area contributed by atoms with Gasteiger partial charge in [-0.15, -0.1) is 24.8 Å². The van der Waals surface area contributed by atoms with Crippen LogP contribution in [0, 0.1) is 0 Å². The molecule has 1 atom stereocenters. The highest BCUT2D eigenvalue weighted by molar-refractivity contribution is 5.85. The number of rotatable bonds is 5. The summed E-state index contributed by atoms with van der Waals surface area (Å²) in [6.07, 6.45) is 8.75. The predicted octanol–water partition coefficient (Wildman–Crippen LogP) is 2.53. The number of piperidine rings is 1. The van der Waals surface area contributed by atoms with Crippen LogP contribution >= 0.6 is 24.8 Å². The molecule has 0 saturated carbocycles. The van der Waals surface area contributed by atoms with Crippen LogP contribution < -0.4 is 10.6 Å². The summed E-state index contributed by atoms with van der Waals surface area (Å²) in [6, 6.07) is 8.17. The SMILES string of the molecule is Cl.Cl.O=C(NCc1ccccc1Cn1ccnc1)[C@H]1CCCCN1. The van der Waals surface area contributed by atoms with Crippen LogP contribution in [0.15, 0.2) is 43.0 Å². The average Bonchev–Trinajstić information content (AvgIpc) is 3.07. The molecule has 1 aromatic carbocycles. The van der Waals surface area contributed by atoms with E-state index in [1.54, 1.807) is 12.5 Å². The van der Waals surface area contributed by atoms with Gasteiger partial charge in [0.05, 0.1) is 12.4 Å². The minimum atomic E-state index is -0.0328. The van der Waals surface area contributed by atoms with Crippen LogP contribution in [-0.2, 0) is 17.9 Å². The molecule has 1 fully saturated rings. The predicted molar refractivity (Wildman–Crippen MR) is 99.8 cm³/mol. The summed E-state index contributed by atoms with van der Waals surface area (Å²) in [5.41, 5.74) is 2.36. The van der Waals surface area contributed by atoms with E-state index in [9.17, 15) is 4.79 Å². The van der Waals surface area contributed by atoms with E-state index in [-0.39, 0.29) is 36.8 Å². The number of carbonyl (C=O) groups excluding carboxylic acids is 1. The molecular formula is C17H24Cl2N4O. The van der Waals surface area contributed by atoms with Crippen molar-refractivity contribution >= 4 is 30.7 Å². The number of benzene rings is 1. The Bertz CT molecular complexity index is 613. The van der Waals surface area contributed by atoms with Crippen molar-refractivity contribution in [3.05, 3.63) is 54.1 Å². The normalized spacial score (nSPS) is 16.6. The Labute approximate surface area is 155 Å². The summed E-state index contributed by atoms with van der Waals surface area (Å²) in [6.45, 7) is 2.28. The van der Waals surface area contributed by atoms with Crippen LogP contribution in [0.4, 0.5) is 0 Å². The van der Waals surface area contributed by atoms with Crippen LogP contribution in [0.5, 0.6) is 0 Å². The van der Waals surface area contributed by atoms with E-state index in [1.165, 1.54) is 5.56 Å². The minimum absolute atomic E-state index is 0. The summed E-state index contributed by atoms with van der Waals surface area (Å²) >= 11 is 0. The Balaban J connectivity index is 0.00000144. The molecule has 0 aliphatic carbocycles. The first-order chi connectivity index (χ1) is 10.8. The lowest BCUT2D eigenvalue weighted by Gasteiger charge is -2.22. The molecule has 2 N–H and O–H groups in total. The first kappa shape index (κ1) is 20.5. The molecule has 7 heteroatoms. The highest BCUT2D eigenvalue weighted by atomic mass is 35.5. The number of hydrogen-bond acceptors (Lipinski definition) is 3. The first-order valence-corrected chi connectivity index (χ1v) is 7.86. The van der Waals surface area contributed by atoms with Gasteiger partial charge in [0, 0.05) is 25.5 Å². The van der Waals surface area contributed by atoms with Crippen LogP contribution in [-0.4, -0.2) is 28.0 Å². The fraction of sp³-hybridized carbons (Fsp3) is 0.412. The van der Waals surface area contributed by atoms with Gasteiger partial charge in [0.2, 0.25) is 5.91 Å². The maximum absolute atomic E-state index is 12.2. The van der Waals surface area contributed by atoms with Gasteiger partial charge in [0.15, 0.2) is 0 Å². The molecule has 1 aromatic heterocycles. The fourth-order valence-electron chi connectivity index (χ4n) is 2.84. The first-order valence-electron chi connectivity index (χ1n) is 7.86. The van der Waals surface area contributed by atoms with E-state index in [0.29, 0.717) is 6.54 Å². The number of aromatic nitrogens is 2. The Morgan fingerprint density at radius 2 is 2.04 bits per heavy atom. The zero-order valence-electron chi connectivity index (χ0n) is 13.5. The second-order valence-electron chi connectivity index (χ2n) is 5.72. The second kappa shape index (κ2) is 10.3. The molecule has 1 saturated heterocycles. The van der Waals surface area contributed by atoms with Crippen molar-refractivity contribution < 1.29 is 4.79 Å². The maximum atomic E-state index is 12.2. The standard InChI is InChI=1S/C17H22N4O.2ClH/c22-17(16-7-3-4-8-19-16)20-11-14-5-1-2-6-15(14)12-21-10-9-18-13-21;;/h1-2,5-6,9-10,13,16,19H,3-4,7-8,11-12H2,(H,20,22);2*1H/t16-;;/m1../s1. The van der Waals surface area contributed by atoms with E-state index in [0.717, 1.165) is 37.9 Å². The van der Waals surface area contributed by atoms with Gasteiger partial charge in [0.1, 0.15) is 0 Å². The van der Waals surface area contributed by atoms with Gasteiger partial charge in [-0.3, -0.25) is 4.79 Å². The Morgan fingerprint density at radius 3 is 2.71 bits per heavy atom. The molecule has 1 aliphatic heterocycles. The Kier molecular flexibility index (Phi) is 8.82. The van der Waals surface area contributed by atoms with E-state index >= 15 is 0 Å². The van der Waals surface area contributed by atoms with Gasteiger partial charge >= 0.3 is 0 Å². The third-order valence-corrected chi connectivity index (χ3v) is 4.11. The lowest BCUT2D eigenvalue weighted by Crippen LogP contribution is -2.46. The van der Waals surface area contributed by atoms with Crippen LogP contribution in [0.3, 0.4) is 0 Å². The van der Waals surface area contributed by atoms with Crippen LogP contribution in [0.2, 0.25) is 0 Å². The van der Waals surface area contributed by atoms with Gasteiger partial charge in [-0.2, -0.15) is 0 Å². The molecule has 5 nitrogen and oxygen atoms in total. The van der Waals surface area contributed by atoms with Crippen molar-refractivity contribution in [2.24, 2.45) is 0 Å². The summed E-state index contributed by atoms with van der Waals surface area (Å²) in [5.74, 6) is 0.108. The van der Waals surface area contributed by atoms with Crippen molar-refractivity contribution in [1.29, 1.82) is 0 Å². The van der Waals surface area contributed by atoms with E-state index in [4.69, 9.17) is 0 Å². The lowest BCUT2D eigenvalue weighted by atomic mass is 10.0. The molecule has 2 aromatic rings. The van der Waals surface area contributed by atoms with Crippen LogP contribution in [0.1, 0.15) is 30.4 Å². The summed E-state index contributed by atoms with van der Waals surface area (Å²) in [4.78, 5) is 16.3. The molecular weight excluding hydrogens is 347 g/mol. The number of nitrogens with zero attached hydrogens (tertiary/aromatic N) is 2. The fourth-order valence-corrected chi connectivity index (χ4v) is 2.84. The quantitative estimate of drug-likeness (QED) is 0.849. The number of nitrogens with one attached hydrogen (secondary N) is 2. The van der Waals surface area contributed by atoms with E-state index in [1.807, 2.05) is 22.9 Å². The molecule has 24 heavy (non-hydrogen) atoms. The third kappa shape index (κ3) is 5.51. The van der Waals surface area contributed by atoms with Gasteiger partial charge in [-0.1, -0.05) is 30.7 Å². The third-order valence-electron chi connectivity index (χ3n) is 4.11. The monoisotopic (exact) mass is 370 g/mol. The minimum Gasteiger partial charge on any atom is -0.351 e. The largest absolute Gasteiger partial charge is 0.351 e. The molecule has 0 spiro atoms. The molecule has 1 aliphatic rings. The number of imidazole rings is 1. The summed E-state index contributed by atoms with van der Waals surface area (Å²) in [7, 11) is 0. The van der Waals surface area contributed by atoms with E-state index in [2.05, 4.69) is 27.8 Å². The molecule has 3 rings (SSSR count). The van der Waals surface area contributed by atoms with Gasteiger partial charge in [0.25, 0.3) is 0 Å². The topological polar surface area (TPSA) is 59.0 Å². The number of amides is 1. The number of halogens is 2. The Morgan fingerprint density at radius 1 is 1.25 bits per heavy atom. The molecule has 0 bridgehead atoms. The molecule has 132 valence electrons. The van der Waals surface area contributed by atoms with Crippen molar-refractivity contribution in [2.75, 3.05) is 6.54 Å². The zero-order valence-corrected chi connectivity index (χ0v) is 15.1. The van der Waals surface area contributed by atoms with Crippen molar-refractivity contribution in [2.45, 2.75) is 38.4 Å². The highest BCUT2D eigenvalue weighted by Gasteiger charge is 2.20. The number of hydrogen-bond donors (Lipinski definition) is 2. The molecule has 1 amide bonds. The van der Waals surface area contributed by atoms with Crippen molar-refractivity contribution in [1.82, 2.24) is 20.2 Å². The van der Waals surface area contributed by atoms with Gasteiger partial charge in [-0.25, -0.2) is 4.98 Å². The summed E-state index contributed by atoms with van der Waals surface area (Å²) in [5, 5.41) is 6.34. The van der Waals surface area contributed by atoms with Gasteiger partial charge < -0.3 is 15.2 Å². The molecule has 2 heterocycles. The van der Waals surface area contributed by atoms with Crippen molar-refractivity contribution in [3.8, 4) is 0 Å². The summed E-state index contributed by atoms with van der Waals surface area (Å²) < 4.78 is 2.03. The lowest BCUT2D eigenvalue weighted by molar-refractivity contribution is -0.123. The highest BCUT2D eigenvalue weighted by Crippen LogP contribution is 2.11. The second-order valence-corrected chi connectivity index (χ2v) is 5.72. The van der Waals surface area contributed by atoms with Gasteiger partial charge in [-0.05, 0) is 30.5 Å². The number of carbonyl (C=O) groups is 1.